The number of aliphatic hydroxyl groups is 1. The molecule has 0 heterocycles. The largest absolute Gasteiger partial charge is 0.392 e. The molecule has 0 spiro atoms. The molecular formula is C11H13BrFNO2. The fourth-order valence-electron chi connectivity index (χ4n) is 1.12. The van der Waals surface area contributed by atoms with Crippen molar-refractivity contribution in [3.05, 3.63) is 33.5 Å². The number of hydrogen-bond donors (Lipinski definition) is 2. The third-order valence-corrected chi connectivity index (χ3v) is 2.92. The summed E-state index contributed by atoms with van der Waals surface area (Å²) in [5.41, 5.74) is 0.697. The first-order valence-corrected chi connectivity index (χ1v) is 5.63. The summed E-state index contributed by atoms with van der Waals surface area (Å²) in [5.74, 6) is -0.836. The van der Waals surface area contributed by atoms with Crippen molar-refractivity contribution in [2.45, 2.75) is 20.0 Å². The average molecular weight is 290 g/mol. The van der Waals surface area contributed by atoms with E-state index in [0.29, 0.717) is 10.0 Å². The fourth-order valence-corrected chi connectivity index (χ4v) is 1.55. The number of nitrogens with one attached hydrogen (secondary N) is 1. The zero-order valence-corrected chi connectivity index (χ0v) is 10.6. The lowest BCUT2D eigenvalue weighted by Crippen LogP contribution is -2.30. The molecule has 1 aromatic carbocycles. The van der Waals surface area contributed by atoms with Crippen LogP contribution in [0.3, 0.4) is 0 Å². The number of amides is 1. The maximum Gasteiger partial charge on any atom is 0.251 e. The Bertz CT molecular complexity index is 384. The molecule has 16 heavy (non-hydrogen) atoms. The maximum absolute atomic E-state index is 13.3. The average Bonchev–Trinajstić information content (AvgIpc) is 2.21. The van der Waals surface area contributed by atoms with Gasteiger partial charge in [-0.05, 0) is 31.5 Å². The molecule has 1 amide bonds. The van der Waals surface area contributed by atoms with E-state index >= 15 is 0 Å². The first kappa shape index (κ1) is 13.1. The zero-order chi connectivity index (χ0) is 12.3. The van der Waals surface area contributed by atoms with Crippen LogP contribution in [0.2, 0.25) is 0 Å². The summed E-state index contributed by atoms with van der Waals surface area (Å²) in [6.45, 7) is 3.33. The van der Waals surface area contributed by atoms with Gasteiger partial charge in [-0.25, -0.2) is 4.39 Å². The van der Waals surface area contributed by atoms with Gasteiger partial charge in [-0.1, -0.05) is 15.9 Å². The zero-order valence-electron chi connectivity index (χ0n) is 9.05. The van der Waals surface area contributed by atoms with Gasteiger partial charge in [-0.2, -0.15) is 0 Å². The molecule has 0 aromatic heterocycles. The van der Waals surface area contributed by atoms with E-state index in [0.717, 1.165) is 0 Å². The van der Waals surface area contributed by atoms with Crippen molar-refractivity contribution in [2.24, 2.45) is 0 Å². The molecule has 5 heteroatoms. The molecule has 0 aliphatic rings. The normalized spacial score (nSPS) is 12.3. The number of halogens is 2. The molecule has 1 unspecified atom stereocenters. The maximum atomic E-state index is 13.3. The van der Waals surface area contributed by atoms with E-state index < -0.39 is 17.8 Å². The Morgan fingerprint density at radius 3 is 2.75 bits per heavy atom. The third-order valence-electron chi connectivity index (χ3n) is 2.10. The molecule has 0 fully saturated rings. The van der Waals surface area contributed by atoms with Crippen LogP contribution in [-0.2, 0) is 0 Å². The van der Waals surface area contributed by atoms with Gasteiger partial charge in [0, 0.05) is 16.6 Å². The highest BCUT2D eigenvalue weighted by Gasteiger charge is 2.11. The van der Waals surface area contributed by atoms with Crippen molar-refractivity contribution >= 4 is 21.8 Å². The van der Waals surface area contributed by atoms with E-state index in [9.17, 15) is 9.18 Å². The predicted octanol–water partition coefficient (Wildman–Crippen LogP) is 2.01. The van der Waals surface area contributed by atoms with E-state index in [1.165, 1.54) is 6.07 Å². The van der Waals surface area contributed by atoms with Crippen LogP contribution in [-0.4, -0.2) is 23.7 Å². The molecule has 2 N–H and O–H groups in total. The molecule has 0 saturated carbocycles. The Morgan fingerprint density at radius 2 is 2.25 bits per heavy atom. The number of carbonyl (C=O) groups is 1. The van der Waals surface area contributed by atoms with E-state index in [1.54, 1.807) is 19.9 Å². The van der Waals surface area contributed by atoms with Gasteiger partial charge in [-0.15, -0.1) is 0 Å². The summed E-state index contributed by atoms with van der Waals surface area (Å²) in [6, 6.07) is 2.73. The smallest absolute Gasteiger partial charge is 0.251 e. The molecule has 88 valence electrons. The van der Waals surface area contributed by atoms with Crippen LogP contribution >= 0.6 is 15.9 Å². The van der Waals surface area contributed by atoms with Gasteiger partial charge in [0.05, 0.1) is 6.10 Å². The number of carbonyl (C=O) groups excluding carboxylic acids is 1. The van der Waals surface area contributed by atoms with Crippen LogP contribution < -0.4 is 5.32 Å². The number of aliphatic hydroxyl groups excluding tert-OH is 1. The van der Waals surface area contributed by atoms with Crippen LogP contribution in [0.25, 0.3) is 0 Å². The van der Waals surface area contributed by atoms with Gasteiger partial charge < -0.3 is 10.4 Å². The molecule has 3 nitrogen and oxygen atoms in total. The molecule has 0 aliphatic heterocycles. The summed E-state index contributed by atoms with van der Waals surface area (Å²) in [5, 5.41) is 11.5. The second-order valence-corrected chi connectivity index (χ2v) is 4.48. The first-order valence-electron chi connectivity index (χ1n) is 4.83. The molecule has 0 saturated heterocycles. The SMILES string of the molecule is Cc1c(F)cc(C(=O)NCC(C)O)cc1Br. The monoisotopic (exact) mass is 289 g/mol. The Morgan fingerprint density at radius 1 is 1.62 bits per heavy atom. The highest BCUT2D eigenvalue weighted by Crippen LogP contribution is 2.20. The van der Waals surface area contributed by atoms with Crippen molar-refractivity contribution in [3.63, 3.8) is 0 Å². The quantitative estimate of drug-likeness (QED) is 0.894. The minimum Gasteiger partial charge on any atom is -0.392 e. The Balaban J connectivity index is 2.84. The minimum absolute atomic E-state index is 0.145. The van der Waals surface area contributed by atoms with Gasteiger partial charge in [-0.3, -0.25) is 4.79 Å². The summed E-state index contributed by atoms with van der Waals surface area (Å²) < 4.78 is 13.9. The van der Waals surface area contributed by atoms with Crippen molar-refractivity contribution < 1.29 is 14.3 Å². The molecule has 0 aliphatic carbocycles. The van der Waals surface area contributed by atoms with Gasteiger partial charge >= 0.3 is 0 Å². The van der Waals surface area contributed by atoms with E-state index in [2.05, 4.69) is 21.2 Å². The van der Waals surface area contributed by atoms with Crippen molar-refractivity contribution in [1.29, 1.82) is 0 Å². The van der Waals surface area contributed by atoms with Crippen LogP contribution in [0.4, 0.5) is 4.39 Å². The topological polar surface area (TPSA) is 49.3 Å². The fraction of sp³-hybridized carbons (Fsp3) is 0.364. The summed E-state index contributed by atoms with van der Waals surface area (Å²) in [4.78, 5) is 11.6. The molecule has 0 bridgehead atoms. The van der Waals surface area contributed by atoms with Crippen molar-refractivity contribution in [1.82, 2.24) is 5.32 Å². The highest BCUT2D eigenvalue weighted by atomic mass is 79.9. The Hall–Kier alpha value is -0.940. The van der Waals surface area contributed by atoms with Crippen LogP contribution in [0, 0.1) is 12.7 Å². The van der Waals surface area contributed by atoms with E-state index in [1.807, 2.05) is 0 Å². The lowest BCUT2D eigenvalue weighted by molar-refractivity contribution is 0.0923. The number of rotatable bonds is 3. The summed E-state index contributed by atoms with van der Waals surface area (Å²) in [6.07, 6.45) is -0.623. The predicted molar refractivity (Wildman–Crippen MR) is 62.9 cm³/mol. The third kappa shape index (κ3) is 3.28. The summed E-state index contributed by atoms with van der Waals surface area (Å²) >= 11 is 3.18. The molecular weight excluding hydrogens is 277 g/mol. The second-order valence-electron chi connectivity index (χ2n) is 3.62. The van der Waals surface area contributed by atoms with E-state index in [4.69, 9.17) is 5.11 Å². The van der Waals surface area contributed by atoms with Crippen LogP contribution in [0.1, 0.15) is 22.8 Å². The Labute approximate surface area is 102 Å². The van der Waals surface area contributed by atoms with Crippen LogP contribution in [0.15, 0.2) is 16.6 Å². The lowest BCUT2D eigenvalue weighted by atomic mass is 10.1. The highest BCUT2D eigenvalue weighted by molar-refractivity contribution is 9.10. The van der Waals surface area contributed by atoms with Gasteiger partial charge in [0.2, 0.25) is 0 Å². The second kappa shape index (κ2) is 5.41. The number of benzene rings is 1. The van der Waals surface area contributed by atoms with Gasteiger partial charge in [0.1, 0.15) is 5.82 Å². The summed E-state index contributed by atoms with van der Waals surface area (Å²) in [7, 11) is 0. The van der Waals surface area contributed by atoms with Crippen molar-refractivity contribution in [3.8, 4) is 0 Å². The van der Waals surface area contributed by atoms with Gasteiger partial charge in [0.25, 0.3) is 5.91 Å². The Kier molecular flexibility index (Phi) is 4.44. The number of hydrogen-bond acceptors (Lipinski definition) is 2. The van der Waals surface area contributed by atoms with Crippen molar-refractivity contribution in [2.75, 3.05) is 6.54 Å². The minimum atomic E-state index is -0.623. The molecule has 1 aromatic rings. The van der Waals surface area contributed by atoms with Gasteiger partial charge in [0.15, 0.2) is 0 Å². The molecule has 0 radical (unpaired) electrons. The van der Waals surface area contributed by atoms with E-state index in [-0.39, 0.29) is 12.1 Å². The standard InChI is InChI=1S/C11H13BrFNO2/c1-6(15)5-14-11(16)8-3-9(12)7(2)10(13)4-8/h3-4,6,15H,5H2,1-2H3,(H,14,16). The first-order chi connectivity index (χ1) is 7.41. The molecule has 1 atom stereocenters. The molecule has 1 rings (SSSR count). The van der Waals surface area contributed by atoms with Crippen LogP contribution in [0.5, 0.6) is 0 Å². The lowest BCUT2D eigenvalue weighted by Gasteiger charge is -2.08.